The third kappa shape index (κ3) is 20.0. The van der Waals surface area contributed by atoms with Gasteiger partial charge in [0, 0.05) is 4.57 Å². The van der Waals surface area contributed by atoms with Gasteiger partial charge in [-0.05, 0) is 32.6 Å². The summed E-state index contributed by atoms with van der Waals surface area (Å²) in [6, 6.07) is 0. The Morgan fingerprint density at radius 3 is 1.67 bits per heavy atom. The molecule has 0 saturated heterocycles. The van der Waals surface area contributed by atoms with Crippen molar-refractivity contribution in [3.8, 4) is 0 Å². The van der Waals surface area contributed by atoms with Crippen LogP contribution in [0.3, 0.4) is 0 Å². The lowest BCUT2D eigenvalue weighted by Gasteiger charge is -2.03. The second-order valence-corrected chi connectivity index (χ2v) is 3.91. The molecular formula is C11H24O3P+. The van der Waals surface area contributed by atoms with E-state index in [4.69, 9.17) is 14.4 Å². The average Bonchev–Trinajstić information content (AvgIpc) is 2.17. The normalized spacial score (nSPS) is 8.87. The Kier molecular flexibility index (Phi) is 15.7. The maximum Gasteiger partial charge on any atom is 0.692 e. The van der Waals surface area contributed by atoms with Crippen LogP contribution >= 0.6 is 8.25 Å². The van der Waals surface area contributed by atoms with Crippen molar-refractivity contribution in [3.63, 3.8) is 0 Å². The molecule has 0 saturated carbocycles. The van der Waals surface area contributed by atoms with E-state index >= 15 is 0 Å². The summed E-state index contributed by atoms with van der Waals surface area (Å²) in [6.45, 7) is 6.68. The Hall–Kier alpha value is -0.240. The van der Waals surface area contributed by atoms with Gasteiger partial charge >= 0.3 is 8.25 Å². The van der Waals surface area contributed by atoms with Crippen LogP contribution in [0.5, 0.6) is 0 Å². The first-order valence-corrected chi connectivity index (χ1v) is 6.74. The molecule has 2 N–H and O–H groups in total. The Labute approximate surface area is 94.2 Å². The largest absolute Gasteiger partial charge is 0.692 e. The zero-order valence-electron chi connectivity index (χ0n) is 10.1. The molecule has 0 radical (unpaired) electrons. The monoisotopic (exact) mass is 235 g/mol. The van der Waals surface area contributed by atoms with Crippen LogP contribution in [0.2, 0.25) is 0 Å². The van der Waals surface area contributed by atoms with Gasteiger partial charge in [-0.15, -0.1) is 9.79 Å². The molecule has 0 amide bonds. The van der Waals surface area contributed by atoms with Gasteiger partial charge in [-0.25, -0.2) is 0 Å². The first-order chi connectivity index (χ1) is 7.08. The SMILES string of the molecule is CC=C(CCCC)CCCC.O=[P+](O)O. The average molecular weight is 235 g/mol. The van der Waals surface area contributed by atoms with Gasteiger partial charge in [-0.3, -0.25) is 0 Å². The van der Waals surface area contributed by atoms with Crippen LogP contribution in [0, 0.1) is 0 Å². The highest BCUT2D eigenvalue weighted by molar-refractivity contribution is 7.30. The molecule has 0 atom stereocenters. The lowest BCUT2D eigenvalue weighted by atomic mass is 10.0. The first-order valence-electron chi connectivity index (χ1n) is 5.57. The quantitative estimate of drug-likeness (QED) is 0.541. The molecule has 0 rings (SSSR count). The summed E-state index contributed by atoms with van der Waals surface area (Å²) in [7, 11) is -2.87. The van der Waals surface area contributed by atoms with E-state index in [2.05, 4.69) is 26.8 Å². The summed E-state index contributed by atoms with van der Waals surface area (Å²) < 4.78 is 8.70. The fourth-order valence-electron chi connectivity index (χ4n) is 1.22. The summed E-state index contributed by atoms with van der Waals surface area (Å²) in [4.78, 5) is 14.2. The molecule has 4 heteroatoms. The molecular weight excluding hydrogens is 211 g/mol. The molecule has 3 nitrogen and oxygen atoms in total. The molecule has 0 aromatic rings. The highest BCUT2D eigenvalue weighted by Crippen LogP contribution is 2.14. The molecule has 0 unspecified atom stereocenters. The van der Waals surface area contributed by atoms with Crippen LogP contribution in [-0.2, 0) is 4.57 Å². The minimum atomic E-state index is -2.87. The topological polar surface area (TPSA) is 57.5 Å². The fourth-order valence-corrected chi connectivity index (χ4v) is 1.22. The van der Waals surface area contributed by atoms with Crippen molar-refractivity contribution in [2.24, 2.45) is 0 Å². The molecule has 0 aromatic heterocycles. The summed E-state index contributed by atoms with van der Waals surface area (Å²) in [5.41, 5.74) is 1.66. The van der Waals surface area contributed by atoms with Crippen LogP contribution in [0.15, 0.2) is 11.6 Å². The third-order valence-electron chi connectivity index (χ3n) is 2.11. The predicted molar refractivity (Wildman–Crippen MR) is 64.9 cm³/mol. The number of hydrogen-bond acceptors (Lipinski definition) is 1. The lowest BCUT2D eigenvalue weighted by molar-refractivity contribution is 0.405. The molecule has 15 heavy (non-hydrogen) atoms. The van der Waals surface area contributed by atoms with Crippen LogP contribution in [0.25, 0.3) is 0 Å². The van der Waals surface area contributed by atoms with Gasteiger partial charge in [0.2, 0.25) is 0 Å². The molecule has 90 valence electrons. The number of hydrogen-bond donors (Lipinski definition) is 2. The van der Waals surface area contributed by atoms with Crippen molar-refractivity contribution in [1.82, 2.24) is 0 Å². The second kappa shape index (κ2) is 13.8. The molecule has 0 aliphatic carbocycles. The molecule has 0 heterocycles. The van der Waals surface area contributed by atoms with Crippen molar-refractivity contribution >= 4 is 8.25 Å². The summed E-state index contributed by atoms with van der Waals surface area (Å²) in [5, 5.41) is 0. The van der Waals surface area contributed by atoms with E-state index < -0.39 is 8.25 Å². The van der Waals surface area contributed by atoms with E-state index in [1.54, 1.807) is 5.57 Å². The Morgan fingerprint density at radius 2 is 1.47 bits per heavy atom. The van der Waals surface area contributed by atoms with Gasteiger partial charge in [-0.1, -0.05) is 38.3 Å². The minimum absolute atomic E-state index is 1.32. The fraction of sp³-hybridized carbons (Fsp3) is 0.818. The van der Waals surface area contributed by atoms with E-state index in [0.29, 0.717) is 0 Å². The Bertz CT molecular complexity index is 165. The van der Waals surface area contributed by atoms with Gasteiger partial charge in [0.25, 0.3) is 0 Å². The van der Waals surface area contributed by atoms with Crippen molar-refractivity contribution in [2.45, 2.75) is 59.3 Å². The zero-order valence-corrected chi connectivity index (χ0v) is 11.0. The maximum absolute atomic E-state index is 8.70. The molecule has 0 aliphatic rings. The van der Waals surface area contributed by atoms with Crippen molar-refractivity contribution in [3.05, 3.63) is 11.6 Å². The predicted octanol–water partition coefficient (Wildman–Crippen LogP) is 3.94. The Balaban J connectivity index is 0. The number of allylic oxidation sites excluding steroid dienone is 2. The van der Waals surface area contributed by atoms with Crippen molar-refractivity contribution in [2.75, 3.05) is 0 Å². The van der Waals surface area contributed by atoms with E-state index in [1.807, 2.05) is 0 Å². The summed E-state index contributed by atoms with van der Waals surface area (Å²) >= 11 is 0. The van der Waals surface area contributed by atoms with E-state index in [0.717, 1.165) is 0 Å². The van der Waals surface area contributed by atoms with Gasteiger partial charge in [-0.2, -0.15) is 0 Å². The van der Waals surface area contributed by atoms with Gasteiger partial charge in [0.15, 0.2) is 0 Å². The third-order valence-corrected chi connectivity index (χ3v) is 2.11. The van der Waals surface area contributed by atoms with Crippen LogP contribution in [-0.4, -0.2) is 9.79 Å². The maximum atomic E-state index is 8.70. The summed E-state index contributed by atoms with van der Waals surface area (Å²) in [5.74, 6) is 0. The van der Waals surface area contributed by atoms with Crippen LogP contribution in [0.1, 0.15) is 59.3 Å². The first kappa shape index (κ1) is 17.2. The van der Waals surface area contributed by atoms with Crippen LogP contribution < -0.4 is 0 Å². The van der Waals surface area contributed by atoms with E-state index in [-0.39, 0.29) is 0 Å². The van der Waals surface area contributed by atoms with Crippen LogP contribution in [0.4, 0.5) is 0 Å². The zero-order chi connectivity index (χ0) is 12.1. The smallest absolute Gasteiger partial charge is 0.134 e. The van der Waals surface area contributed by atoms with Gasteiger partial charge in [0.05, 0.1) is 0 Å². The Morgan fingerprint density at radius 1 is 1.13 bits per heavy atom. The minimum Gasteiger partial charge on any atom is -0.134 e. The molecule has 0 aromatic carbocycles. The molecule has 0 bridgehead atoms. The number of rotatable bonds is 6. The summed E-state index contributed by atoms with van der Waals surface area (Å²) in [6.07, 6.45) is 10.3. The second-order valence-electron chi connectivity index (χ2n) is 3.41. The molecule has 0 aliphatic heterocycles. The number of unbranched alkanes of at least 4 members (excludes halogenated alkanes) is 2. The molecule has 0 spiro atoms. The standard InChI is InChI=1S/C11H22.HO3P/c1-4-7-9-11(6-3)10-8-5-2;1-4(2)3/h6H,4-5,7-10H2,1-3H3;(H-,1,2,3)/p+1. The van der Waals surface area contributed by atoms with Crippen molar-refractivity contribution < 1.29 is 14.4 Å². The lowest BCUT2D eigenvalue weighted by Crippen LogP contribution is -1.83. The van der Waals surface area contributed by atoms with Gasteiger partial charge in [0.1, 0.15) is 0 Å². The van der Waals surface area contributed by atoms with E-state index in [9.17, 15) is 0 Å². The van der Waals surface area contributed by atoms with E-state index in [1.165, 1.54) is 38.5 Å². The molecule has 0 fully saturated rings. The highest BCUT2D eigenvalue weighted by atomic mass is 31.1. The van der Waals surface area contributed by atoms with Crippen molar-refractivity contribution in [1.29, 1.82) is 0 Å². The van der Waals surface area contributed by atoms with Gasteiger partial charge < -0.3 is 0 Å². The highest BCUT2D eigenvalue weighted by Gasteiger charge is 1.94.